The zero-order valence-corrected chi connectivity index (χ0v) is 9.42. The zero-order valence-electron chi connectivity index (χ0n) is 7.03. The molecule has 0 aliphatic heterocycles. The molecule has 0 amide bonds. The average Bonchev–Trinajstić information content (AvgIpc) is 2.32. The summed E-state index contributed by atoms with van der Waals surface area (Å²) in [5.74, 6) is -0.0379. The van der Waals surface area contributed by atoms with E-state index in [9.17, 15) is 8.42 Å². The highest BCUT2D eigenvalue weighted by Crippen LogP contribution is 2.26. The highest BCUT2D eigenvalue weighted by molar-refractivity contribution is 7.93. The summed E-state index contributed by atoms with van der Waals surface area (Å²) in [6, 6.07) is 2.72. The number of hydrogen-bond donors (Lipinski definition) is 1. The topological polar surface area (TPSA) is 60.2 Å². The van der Waals surface area contributed by atoms with Gasteiger partial charge in [0.25, 0.3) is 0 Å². The van der Waals surface area contributed by atoms with Gasteiger partial charge in [-0.2, -0.15) is 0 Å². The molecule has 0 bridgehead atoms. The highest BCUT2D eigenvalue weighted by atomic mass is 35.5. The summed E-state index contributed by atoms with van der Waals surface area (Å²) in [6.45, 7) is 1.66. The standard InChI is InChI=1S/C7H10ClNO2S2/c1-5(9)4-13(10,11)7-3-2-6(8)12-7/h2-3,5H,4,9H2,1H3. The fraction of sp³-hybridized carbons (Fsp3) is 0.429. The molecule has 1 aromatic rings. The molecule has 74 valence electrons. The maximum Gasteiger partial charge on any atom is 0.189 e. The minimum atomic E-state index is -3.23. The highest BCUT2D eigenvalue weighted by Gasteiger charge is 2.18. The Morgan fingerprint density at radius 3 is 2.62 bits per heavy atom. The second-order valence-electron chi connectivity index (χ2n) is 2.82. The molecule has 2 N–H and O–H groups in total. The third-order valence-electron chi connectivity index (χ3n) is 1.34. The molecule has 3 nitrogen and oxygen atoms in total. The number of rotatable bonds is 3. The van der Waals surface area contributed by atoms with Gasteiger partial charge in [-0.25, -0.2) is 8.42 Å². The van der Waals surface area contributed by atoms with E-state index in [2.05, 4.69) is 0 Å². The molecule has 1 heterocycles. The van der Waals surface area contributed by atoms with Crippen LogP contribution < -0.4 is 5.73 Å². The van der Waals surface area contributed by atoms with Crippen LogP contribution in [0.4, 0.5) is 0 Å². The van der Waals surface area contributed by atoms with E-state index in [1.165, 1.54) is 6.07 Å². The number of hydrogen-bond acceptors (Lipinski definition) is 4. The Bertz CT molecular complexity index is 383. The number of sulfone groups is 1. The fourth-order valence-corrected chi connectivity index (χ4v) is 3.92. The maximum absolute atomic E-state index is 11.5. The molecule has 0 saturated heterocycles. The second kappa shape index (κ2) is 3.96. The Hall–Kier alpha value is -0.100. The van der Waals surface area contributed by atoms with Crippen molar-refractivity contribution in [3.8, 4) is 0 Å². The quantitative estimate of drug-likeness (QED) is 0.870. The van der Waals surface area contributed by atoms with Crippen molar-refractivity contribution in [3.63, 3.8) is 0 Å². The molecule has 0 fully saturated rings. The van der Waals surface area contributed by atoms with Crippen molar-refractivity contribution in [1.82, 2.24) is 0 Å². The van der Waals surface area contributed by atoms with Gasteiger partial charge in [0.05, 0.1) is 10.1 Å². The van der Waals surface area contributed by atoms with Gasteiger partial charge < -0.3 is 5.73 Å². The molecule has 1 atom stereocenters. The first-order valence-electron chi connectivity index (χ1n) is 3.65. The van der Waals surface area contributed by atoms with Crippen LogP contribution in [0.15, 0.2) is 16.3 Å². The summed E-state index contributed by atoms with van der Waals surface area (Å²) in [6.07, 6.45) is 0. The van der Waals surface area contributed by atoms with Crippen molar-refractivity contribution in [2.24, 2.45) is 5.73 Å². The van der Waals surface area contributed by atoms with Crippen LogP contribution in [-0.4, -0.2) is 20.2 Å². The summed E-state index contributed by atoms with van der Waals surface area (Å²) in [4.78, 5) is 0. The molecule has 0 aliphatic carbocycles. The van der Waals surface area contributed by atoms with Crippen molar-refractivity contribution in [3.05, 3.63) is 16.5 Å². The Kier molecular flexibility index (Phi) is 3.34. The molecule has 1 rings (SSSR count). The summed E-state index contributed by atoms with van der Waals surface area (Å²) >= 11 is 6.68. The molecule has 1 aromatic heterocycles. The first kappa shape index (κ1) is 11.0. The van der Waals surface area contributed by atoms with Crippen LogP contribution in [0, 0.1) is 0 Å². The van der Waals surface area contributed by atoms with Crippen molar-refractivity contribution >= 4 is 32.8 Å². The molecule has 0 spiro atoms. The van der Waals surface area contributed by atoms with Crippen LogP contribution in [0.5, 0.6) is 0 Å². The van der Waals surface area contributed by atoms with Crippen LogP contribution in [0.25, 0.3) is 0 Å². The SMILES string of the molecule is CC(N)CS(=O)(=O)c1ccc(Cl)s1. The van der Waals surface area contributed by atoms with Crippen LogP contribution in [0.1, 0.15) is 6.92 Å². The first-order chi connectivity index (χ1) is 5.92. The largest absolute Gasteiger partial charge is 0.327 e. The van der Waals surface area contributed by atoms with Crippen molar-refractivity contribution < 1.29 is 8.42 Å². The molecule has 13 heavy (non-hydrogen) atoms. The number of nitrogens with two attached hydrogens (primary N) is 1. The van der Waals surface area contributed by atoms with E-state index in [-0.39, 0.29) is 16.0 Å². The number of halogens is 1. The molecular formula is C7H10ClNO2S2. The van der Waals surface area contributed by atoms with Gasteiger partial charge in [-0.15, -0.1) is 11.3 Å². The Labute approximate surface area is 86.4 Å². The predicted octanol–water partition coefficient (Wildman–Crippen LogP) is 1.52. The van der Waals surface area contributed by atoms with Gasteiger partial charge in [0, 0.05) is 6.04 Å². The van der Waals surface area contributed by atoms with Crippen LogP contribution in [-0.2, 0) is 9.84 Å². The van der Waals surface area contributed by atoms with Crippen molar-refractivity contribution in [2.45, 2.75) is 17.2 Å². The minimum Gasteiger partial charge on any atom is -0.327 e. The van der Waals surface area contributed by atoms with Crippen LogP contribution in [0.2, 0.25) is 4.34 Å². The van der Waals surface area contributed by atoms with Gasteiger partial charge in [-0.05, 0) is 19.1 Å². The van der Waals surface area contributed by atoms with E-state index in [0.29, 0.717) is 4.34 Å². The molecule has 0 aromatic carbocycles. The first-order valence-corrected chi connectivity index (χ1v) is 6.50. The molecule has 0 radical (unpaired) electrons. The van der Waals surface area contributed by atoms with Crippen molar-refractivity contribution in [1.29, 1.82) is 0 Å². The Morgan fingerprint density at radius 1 is 1.62 bits per heavy atom. The van der Waals surface area contributed by atoms with E-state index in [4.69, 9.17) is 17.3 Å². The van der Waals surface area contributed by atoms with E-state index < -0.39 is 9.84 Å². The molecule has 0 saturated carbocycles. The lowest BCUT2D eigenvalue weighted by molar-refractivity contribution is 0.592. The maximum atomic E-state index is 11.5. The normalized spacial score (nSPS) is 14.4. The van der Waals surface area contributed by atoms with E-state index in [1.807, 2.05) is 0 Å². The van der Waals surface area contributed by atoms with Gasteiger partial charge in [0.2, 0.25) is 0 Å². The lowest BCUT2D eigenvalue weighted by Gasteiger charge is -2.03. The smallest absolute Gasteiger partial charge is 0.189 e. The second-order valence-corrected chi connectivity index (χ2v) is 6.79. The molecule has 6 heteroatoms. The average molecular weight is 240 g/mol. The van der Waals surface area contributed by atoms with Gasteiger partial charge in [-0.1, -0.05) is 11.6 Å². The van der Waals surface area contributed by atoms with E-state index >= 15 is 0 Å². The third-order valence-corrected chi connectivity index (χ3v) is 5.09. The summed E-state index contributed by atoms with van der Waals surface area (Å²) in [5.41, 5.74) is 5.42. The van der Waals surface area contributed by atoms with Crippen LogP contribution >= 0.6 is 22.9 Å². The van der Waals surface area contributed by atoms with Gasteiger partial charge in [0.1, 0.15) is 4.21 Å². The van der Waals surface area contributed by atoms with Gasteiger partial charge in [0.15, 0.2) is 9.84 Å². The Morgan fingerprint density at radius 2 is 2.23 bits per heavy atom. The summed E-state index contributed by atoms with van der Waals surface area (Å²) < 4.78 is 23.8. The fourth-order valence-electron chi connectivity index (χ4n) is 0.893. The van der Waals surface area contributed by atoms with Crippen LogP contribution in [0.3, 0.4) is 0 Å². The lowest BCUT2D eigenvalue weighted by atomic mass is 10.4. The summed E-state index contributed by atoms with van der Waals surface area (Å²) in [5, 5.41) is 0. The minimum absolute atomic E-state index is 0.0379. The monoisotopic (exact) mass is 239 g/mol. The third kappa shape index (κ3) is 2.95. The predicted molar refractivity (Wildman–Crippen MR) is 55.0 cm³/mol. The number of thiophene rings is 1. The Balaban J connectivity index is 2.95. The van der Waals surface area contributed by atoms with Crippen molar-refractivity contribution in [2.75, 3.05) is 5.75 Å². The summed E-state index contributed by atoms with van der Waals surface area (Å²) in [7, 11) is -3.23. The van der Waals surface area contributed by atoms with Gasteiger partial charge in [-0.3, -0.25) is 0 Å². The van der Waals surface area contributed by atoms with E-state index in [0.717, 1.165) is 11.3 Å². The molecular weight excluding hydrogens is 230 g/mol. The lowest BCUT2D eigenvalue weighted by Crippen LogP contribution is -2.25. The molecule has 0 aliphatic rings. The van der Waals surface area contributed by atoms with E-state index in [1.54, 1.807) is 13.0 Å². The van der Waals surface area contributed by atoms with Gasteiger partial charge >= 0.3 is 0 Å². The zero-order chi connectivity index (χ0) is 10.1. The molecule has 1 unspecified atom stereocenters.